The largest absolute Gasteiger partial charge is 0.323 e. The molecule has 17 heavy (non-hydrogen) atoms. The Balaban J connectivity index is 1.96. The van der Waals surface area contributed by atoms with Crippen LogP contribution in [0.15, 0.2) is 44.7 Å². The molecule has 1 nitrogen and oxygen atoms in total. The van der Waals surface area contributed by atoms with Crippen molar-refractivity contribution in [2.45, 2.75) is 18.9 Å². The number of thiophene rings is 1. The topological polar surface area (TPSA) is 26.0 Å². The van der Waals surface area contributed by atoms with Gasteiger partial charge in [0.05, 0.1) is 3.79 Å². The second-order valence-electron chi connectivity index (χ2n) is 3.90. The molecule has 1 atom stereocenters. The van der Waals surface area contributed by atoms with E-state index in [0.29, 0.717) is 0 Å². The number of hydrogen-bond acceptors (Lipinski definition) is 2. The molecule has 1 aromatic carbocycles. The number of nitrogens with two attached hydrogens (primary N) is 1. The van der Waals surface area contributed by atoms with Crippen LogP contribution in [0.5, 0.6) is 0 Å². The first-order valence-electron chi connectivity index (χ1n) is 5.41. The van der Waals surface area contributed by atoms with Crippen molar-refractivity contribution in [1.29, 1.82) is 0 Å². The molecular formula is C13H13Br2NS. The molecular weight excluding hydrogens is 362 g/mol. The highest BCUT2D eigenvalue weighted by Gasteiger charge is 2.11. The van der Waals surface area contributed by atoms with E-state index in [1.165, 1.54) is 10.4 Å². The van der Waals surface area contributed by atoms with Gasteiger partial charge in [-0.05, 0) is 56.3 Å². The third kappa shape index (κ3) is 3.65. The lowest BCUT2D eigenvalue weighted by molar-refractivity contribution is 0.662. The van der Waals surface area contributed by atoms with Crippen LogP contribution in [0.4, 0.5) is 0 Å². The standard InChI is InChI=1S/C13H13Br2NS/c14-10-8-12(17-13(10)15)11(16)7-6-9-4-2-1-3-5-9/h1-5,8,11H,6-7,16H2. The van der Waals surface area contributed by atoms with Gasteiger partial charge in [-0.15, -0.1) is 11.3 Å². The van der Waals surface area contributed by atoms with Crippen LogP contribution in [-0.2, 0) is 6.42 Å². The molecule has 90 valence electrons. The molecule has 0 spiro atoms. The summed E-state index contributed by atoms with van der Waals surface area (Å²) in [5.41, 5.74) is 7.54. The van der Waals surface area contributed by atoms with E-state index >= 15 is 0 Å². The van der Waals surface area contributed by atoms with Crippen molar-refractivity contribution in [3.63, 3.8) is 0 Å². The third-order valence-electron chi connectivity index (χ3n) is 2.62. The van der Waals surface area contributed by atoms with Crippen molar-refractivity contribution < 1.29 is 0 Å². The lowest BCUT2D eigenvalue weighted by Gasteiger charge is -2.09. The number of aryl methyl sites for hydroxylation is 1. The van der Waals surface area contributed by atoms with Gasteiger partial charge in [-0.3, -0.25) is 0 Å². The molecule has 0 fully saturated rings. The van der Waals surface area contributed by atoms with Gasteiger partial charge in [-0.1, -0.05) is 30.3 Å². The van der Waals surface area contributed by atoms with Crippen LogP contribution in [0.1, 0.15) is 22.9 Å². The number of rotatable bonds is 4. The first-order valence-corrected chi connectivity index (χ1v) is 7.81. The zero-order valence-electron chi connectivity index (χ0n) is 9.20. The Labute approximate surface area is 122 Å². The minimum absolute atomic E-state index is 0.114. The van der Waals surface area contributed by atoms with E-state index in [9.17, 15) is 0 Å². The maximum absolute atomic E-state index is 6.19. The number of halogens is 2. The molecule has 1 unspecified atom stereocenters. The van der Waals surface area contributed by atoms with E-state index < -0.39 is 0 Å². The van der Waals surface area contributed by atoms with Gasteiger partial charge in [-0.2, -0.15) is 0 Å². The lowest BCUT2D eigenvalue weighted by atomic mass is 10.1. The van der Waals surface area contributed by atoms with Crippen LogP contribution in [0.2, 0.25) is 0 Å². The molecule has 0 saturated carbocycles. The van der Waals surface area contributed by atoms with E-state index in [4.69, 9.17) is 5.73 Å². The maximum atomic E-state index is 6.19. The van der Waals surface area contributed by atoms with Gasteiger partial charge in [0.15, 0.2) is 0 Å². The molecule has 1 aromatic heterocycles. The van der Waals surface area contributed by atoms with Crippen molar-refractivity contribution in [3.05, 3.63) is 55.1 Å². The molecule has 2 aromatic rings. The van der Waals surface area contributed by atoms with Gasteiger partial charge in [0.2, 0.25) is 0 Å². The Morgan fingerprint density at radius 3 is 2.47 bits per heavy atom. The summed E-state index contributed by atoms with van der Waals surface area (Å²) in [7, 11) is 0. The van der Waals surface area contributed by atoms with Crippen molar-refractivity contribution in [2.75, 3.05) is 0 Å². The quantitative estimate of drug-likeness (QED) is 0.808. The van der Waals surface area contributed by atoms with Crippen LogP contribution in [0.25, 0.3) is 0 Å². The summed E-state index contributed by atoms with van der Waals surface area (Å²) < 4.78 is 2.20. The Morgan fingerprint density at radius 2 is 1.88 bits per heavy atom. The van der Waals surface area contributed by atoms with Crippen LogP contribution in [-0.4, -0.2) is 0 Å². The second kappa shape index (κ2) is 6.14. The zero-order valence-corrected chi connectivity index (χ0v) is 13.2. The second-order valence-corrected chi connectivity index (χ2v) is 7.16. The highest BCUT2D eigenvalue weighted by molar-refractivity contribution is 9.13. The molecule has 0 aliphatic rings. The molecule has 0 radical (unpaired) electrons. The van der Waals surface area contributed by atoms with Gasteiger partial charge in [0.25, 0.3) is 0 Å². The molecule has 0 aliphatic heterocycles. The summed E-state index contributed by atoms with van der Waals surface area (Å²) in [5.74, 6) is 0. The van der Waals surface area contributed by atoms with Gasteiger partial charge in [-0.25, -0.2) is 0 Å². The van der Waals surface area contributed by atoms with Crippen molar-refractivity contribution in [3.8, 4) is 0 Å². The zero-order chi connectivity index (χ0) is 12.3. The minimum atomic E-state index is 0.114. The summed E-state index contributed by atoms with van der Waals surface area (Å²) in [6.07, 6.45) is 2.00. The van der Waals surface area contributed by atoms with Crippen LogP contribution in [0, 0.1) is 0 Å². The SMILES string of the molecule is NC(CCc1ccccc1)c1cc(Br)c(Br)s1. The van der Waals surface area contributed by atoms with E-state index in [0.717, 1.165) is 21.1 Å². The Hall–Kier alpha value is -0.160. The first-order chi connectivity index (χ1) is 8.16. The smallest absolute Gasteiger partial charge is 0.0843 e. The summed E-state index contributed by atoms with van der Waals surface area (Å²) in [5, 5.41) is 0. The summed E-state index contributed by atoms with van der Waals surface area (Å²) >= 11 is 8.69. The molecule has 2 rings (SSSR count). The monoisotopic (exact) mass is 373 g/mol. The third-order valence-corrected chi connectivity index (χ3v) is 6.00. The van der Waals surface area contributed by atoms with Crippen LogP contribution >= 0.6 is 43.2 Å². The predicted octanol–water partition coefficient (Wildman–Crippen LogP) is 4.91. The lowest BCUT2D eigenvalue weighted by Crippen LogP contribution is -2.09. The fourth-order valence-corrected chi connectivity index (χ4v) is 3.78. The average Bonchev–Trinajstić information content (AvgIpc) is 2.68. The molecule has 0 amide bonds. The predicted molar refractivity (Wildman–Crippen MR) is 81.4 cm³/mol. The maximum Gasteiger partial charge on any atom is 0.0843 e. The minimum Gasteiger partial charge on any atom is -0.323 e. The average molecular weight is 375 g/mol. The van der Waals surface area contributed by atoms with E-state index in [2.05, 4.69) is 62.2 Å². The highest BCUT2D eigenvalue weighted by atomic mass is 79.9. The highest BCUT2D eigenvalue weighted by Crippen LogP contribution is 2.35. The molecule has 0 saturated heterocycles. The fourth-order valence-electron chi connectivity index (χ4n) is 1.66. The Kier molecular flexibility index (Phi) is 4.79. The Morgan fingerprint density at radius 1 is 1.18 bits per heavy atom. The molecule has 2 N–H and O–H groups in total. The van der Waals surface area contributed by atoms with Crippen molar-refractivity contribution in [2.24, 2.45) is 5.73 Å². The summed E-state index contributed by atoms with van der Waals surface area (Å²) in [6.45, 7) is 0. The van der Waals surface area contributed by atoms with Gasteiger partial charge < -0.3 is 5.73 Å². The van der Waals surface area contributed by atoms with Crippen LogP contribution < -0.4 is 5.73 Å². The van der Waals surface area contributed by atoms with Gasteiger partial charge in [0, 0.05) is 15.4 Å². The van der Waals surface area contributed by atoms with E-state index in [1.807, 2.05) is 6.07 Å². The van der Waals surface area contributed by atoms with Gasteiger partial charge >= 0.3 is 0 Å². The van der Waals surface area contributed by atoms with Gasteiger partial charge in [0.1, 0.15) is 0 Å². The molecule has 0 bridgehead atoms. The van der Waals surface area contributed by atoms with Crippen LogP contribution in [0.3, 0.4) is 0 Å². The van der Waals surface area contributed by atoms with E-state index in [-0.39, 0.29) is 6.04 Å². The number of benzene rings is 1. The number of hydrogen-bond donors (Lipinski definition) is 1. The first kappa shape index (κ1) is 13.3. The van der Waals surface area contributed by atoms with E-state index in [1.54, 1.807) is 11.3 Å². The molecule has 4 heteroatoms. The summed E-state index contributed by atoms with van der Waals surface area (Å²) in [4.78, 5) is 1.22. The fraction of sp³-hybridized carbons (Fsp3) is 0.231. The Bertz CT molecular complexity index is 462. The van der Waals surface area contributed by atoms with Crippen molar-refractivity contribution in [1.82, 2.24) is 0 Å². The normalized spacial score (nSPS) is 12.6. The molecule has 0 aliphatic carbocycles. The molecule has 1 heterocycles. The summed E-state index contributed by atoms with van der Waals surface area (Å²) in [6, 6.07) is 12.7. The van der Waals surface area contributed by atoms with Crippen molar-refractivity contribution >= 4 is 43.2 Å².